The highest BCUT2D eigenvalue weighted by Gasteiger charge is 2.07. The van der Waals surface area contributed by atoms with Crippen molar-refractivity contribution < 1.29 is 13.3 Å². The Labute approximate surface area is 112 Å². The smallest absolute Gasteiger partial charge is 0.271 e. The second kappa shape index (κ2) is 6.48. The van der Waals surface area contributed by atoms with Gasteiger partial charge in [0, 0.05) is 30.9 Å². The van der Waals surface area contributed by atoms with Gasteiger partial charge >= 0.3 is 0 Å². The van der Waals surface area contributed by atoms with Crippen LogP contribution in [0.1, 0.15) is 12.0 Å². The van der Waals surface area contributed by atoms with E-state index in [2.05, 4.69) is 10.0 Å². The molecule has 0 aliphatic rings. The monoisotopic (exact) mass is 287 g/mol. The number of anilines is 1. The van der Waals surface area contributed by atoms with Crippen molar-refractivity contribution in [1.82, 2.24) is 4.72 Å². The zero-order valence-electron chi connectivity index (χ0n) is 10.8. The van der Waals surface area contributed by atoms with Gasteiger partial charge < -0.3 is 5.32 Å². The Kier molecular flexibility index (Phi) is 5.25. The standard InChI is InChI=1S/C11H17N3O4S/c1-9-6-10(8-11(7-9)14(15)16)12-4-3-5-13-19(2,17)18/h6-8,12-13H,3-5H2,1-2H3. The van der Waals surface area contributed by atoms with E-state index in [0.717, 1.165) is 11.8 Å². The zero-order chi connectivity index (χ0) is 14.5. The first-order chi connectivity index (χ1) is 8.78. The molecule has 8 heteroatoms. The SMILES string of the molecule is Cc1cc(NCCCNS(C)(=O)=O)cc([N+](=O)[O-])c1. The summed E-state index contributed by atoms with van der Waals surface area (Å²) in [6, 6.07) is 4.75. The molecule has 0 aliphatic carbocycles. The van der Waals surface area contributed by atoms with E-state index in [1.807, 2.05) is 0 Å². The van der Waals surface area contributed by atoms with Crippen molar-refractivity contribution in [2.75, 3.05) is 24.7 Å². The molecule has 0 unspecified atom stereocenters. The number of non-ortho nitro benzene ring substituents is 1. The number of sulfonamides is 1. The van der Waals surface area contributed by atoms with Crippen LogP contribution >= 0.6 is 0 Å². The van der Waals surface area contributed by atoms with Crippen molar-refractivity contribution in [3.05, 3.63) is 33.9 Å². The second-order valence-electron chi connectivity index (χ2n) is 4.26. The summed E-state index contributed by atoms with van der Waals surface area (Å²) < 4.78 is 24.0. The normalized spacial score (nSPS) is 11.3. The maximum atomic E-state index is 10.8. The van der Waals surface area contributed by atoms with Crippen LogP contribution in [0.25, 0.3) is 0 Å². The van der Waals surface area contributed by atoms with Gasteiger partial charge in [-0.1, -0.05) is 0 Å². The molecule has 1 aromatic carbocycles. The molecule has 0 aromatic heterocycles. The van der Waals surface area contributed by atoms with Crippen LogP contribution in [0.5, 0.6) is 0 Å². The predicted octanol–water partition coefficient (Wildman–Crippen LogP) is 1.25. The number of aryl methyl sites for hydroxylation is 1. The minimum absolute atomic E-state index is 0.0387. The van der Waals surface area contributed by atoms with Crippen LogP contribution in [-0.2, 0) is 10.0 Å². The highest BCUT2D eigenvalue weighted by molar-refractivity contribution is 7.88. The van der Waals surface area contributed by atoms with Gasteiger partial charge in [-0.25, -0.2) is 13.1 Å². The van der Waals surface area contributed by atoms with Gasteiger partial charge in [0.05, 0.1) is 11.2 Å². The zero-order valence-corrected chi connectivity index (χ0v) is 11.7. The van der Waals surface area contributed by atoms with E-state index in [-0.39, 0.29) is 5.69 Å². The molecule has 0 fully saturated rings. The average molecular weight is 287 g/mol. The fourth-order valence-corrected chi connectivity index (χ4v) is 2.06. The Morgan fingerprint density at radius 3 is 2.53 bits per heavy atom. The number of nitrogens with one attached hydrogen (secondary N) is 2. The van der Waals surface area contributed by atoms with Gasteiger partial charge in [0.1, 0.15) is 0 Å². The third-order valence-corrected chi connectivity index (χ3v) is 3.05. The van der Waals surface area contributed by atoms with Crippen molar-refractivity contribution in [2.45, 2.75) is 13.3 Å². The molecule has 0 bridgehead atoms. The Bertz CT molecular complexity index is 557. The molecule has 0 atom stereocenters. The molecule has 106 valence electrons. The summed E-state index contributed by atoms with van der Waals surface area (Å²) in [6.07, 6.45) is 1.69. The summed E-state index contributed by atoms with van der Waals surface area (Å²) in [6.45, 7) is 2.65. The Morgan fingerprint density at radius 1 is 1.26 bits per heavy atom. The molecule has 0 heterocycles. The third kappa shape index (κ3) is 6.16. The average Bonchev–Trinajstić information content (AvgIpc) is 2.26. The van der Waals surface area contributed by atoms with Gasteiger partial charge in [-0.15, -0.1) is 0 Å². The van der Waals surface area contributed by atoms with E-state index in [1.54, 1.807) is 13.0 Å². The van der Waals surface area contributed by atoms with Crippen LogP contribution in [0.15, 0.2) is 18.2 Å². The van der Waals surface area contributed by atoms with E-state index in [9.17, 15) is 18.5 Å². The molecule has 0 radical (unpaired) electrons. The molecule has 0 amide bonds. The second-order valence-corrected chi connectivity index (χ2v) is 6.09. The largest absolute Gasteiger partial charge is 0.385 e. The first-order valence-electron chi connectivity index (χ1n) is 5.72. The number of nitrogens with zero attached hydrogens (tertiary/aromatic N) is 1. The number of nitro groups is 1. The Hall–Kier alpha value is -1.67. The van der Waals surface area contributed by atoms with Crippen LogP contribution in [0.3, 0.4) is 0 Å². The third-order valence-electron chi connectivity index (χ3n) is 2.32. The lowest BCUT2D eigenvalue weighted by Crippen LogP contribution is -2.24. The number of nitro benzene ring substituents is 1. The van der Waals surface area contributed by atoms with E-state index in [1.165, 1.54) is 12.1 Å². The summed E-state index contributed by atoms with van der Waals surface area (Å²) in [7, 11) is -3.16. The van der Waals surface area contributed by atoms with Gasteiger partial charge in [-0.2, -0.15) is 0 Å². The van der Waals surface area contributed by atoms with Crippen LogP contribution in [0.4, 0.5) is 11.4 Å². The first-order valence-corrected chi connectivity index (χ1v) is 7.62. The quantitative estimate of drug-likeness (QED) is 0.446. The summed E-state index contributed by atoms with van der Waals surface area (Å²) >= 11 is 0. The molecule has 0 aliphatic heterocycles. The van der Waals surface area contributed by atoms with Gasteiger partial charge in [-0.05, 0) is 25.0 Å². The van der Waals surface area contributed by atoms with Crippen LogP contribution in [0, 0.1) is 17.0 Å². The Balaban J connectivity index is 2.47. The van der Waals surface area contributed by atoms with Crippen molar-refractivity contribution in [3.63, 3.8) is 0 Å². The van der Waals surface area contributed by atoms with Gasteiger partial charge in [-0.3, -0.25) is 10.1 Å². The highest BCUT2D eigenvalue weighted by Crippen LogP contribution is 2.20. The molecule has 7 nitrogen and oxygen atoms in total. The summed E-state index contributed by atoms with van der Waals surface area (Å²) in [5, 5.41) is 13.7. The molecular weight excluding hydrogens is 270 g/mol. The van der Waals surface area contributed by atoms with Crippen LogP contribution in [0.2, 0.25) is 0 Å². The van der Waals surface area contributed by atoms with Gasteiger partial charge in [0.15, 0.2) is 0 Å². The maximum Gasteiger partial charge on any atom is 0.271 e. The van der Waals surface area contributed by atoms with E-state index in [4.69, 9.17) is 0 Å². The minimum atomic E-state index is -3.16. The van der Waals surface area contributed by atoms with Crippen molar-refractivity contribution in [3.8, 4) is 0 Å². The lowest BCUT2D eigenvalue weighted by Gasteiger charge is -2.07. The van der Waals surface area contributed by atoms with Crippen molar-refractivity contribution in [2.24, 2.45) is 0 Å². The maximum absolute atomic E-state index is 10.8. The molecule has 2 N–H and O–H groups in total. The van der Waals surface area contributed by atoms with E-state index in [0.29, 0.717) is 25.2 Å². The van der Waals surface area contributed by atoms with Crippen molar-refractivity contribution >= 4 is 21.4 Å². The first kappa shape index (κ1) is 15.4. The lowest BCUT2D eigenvalue weighted by atomic mass is 10.2. The fourth-order valence-electron chi connectivity index (χ4n) is 1.55. The van der Waals surface area contributed by atoms with Gasteiger partial charge in [0.2, 0.25) is 10.0 Å². The molecule has 0 spiro atoms. The molecule has 0 saturated heterocycles. The van der Waals surface area contributed by atoms with Crippen LogP contribution in [-0.4, -0.2) is 32.7 Å². The number of hydrogen-bond donors (Lipinski definition) is 2. The minimum Gasteiger partial charge on any atom is -0.385 e. The number of hydrogen-bond acceptors (Lipinski definition) is 5. The Morgan fingerprint density at radius 2 is 1.95 bits per heavy atom. The predicted molar refractivity (Wildman–Crippen MR) is 73.8 cm³/mol. The molecule has 1 rings (SSSR count). The van der Waals surface area contributed by atoms with Gasteiger partial charge in [0.25, 0.3) is 5.69 Å². The number of benzene rings is 1. The van der Waals surface area contributed by atoms with Crippen LogP contribution < -0.4 is 10.0 Å². The van der Waals surface area contributed by atoms with E-state index >= 15 is 0 Å². The molecule has 1 aromatic rings. The summed E-state index contributed by atoms with van der Waals surface area (Å²) in [4.78, 5) is 10.3. The number of rotatable bonds is 7. The summed E-state index contributed by atoms with van der Waals surface area (Å²) in [5.74, 6) is 0. The molecule has 0 saturated carbocycles. The lowest BCUT2D eigenvalue weighted by molar-refractivity contribution is -0.384. The highest BCUT2D eigenvalue weighted by atomic mass is 32.2. The summed E-state index contributed by atoms with van der Waals surface area (Å²) in [5.41, 5.74) is 1.49. The topological polar surface area (TPSA) is 101 Å². The molecular formula is C11H17N3O4S. The van der Waals surface area contributed by atoms with E-state index < -0.39 is 14.9 Å². The van der Waals surface area contributed by atoms with Crippen molar-refractivity contribution in [1.29, 1.82) is 0 Å². The molecule has 19 heavy (non-hydrogen) atoms. The fraction of sp³-hybridized carbons (Fsp3) is 0.455.